The molecule has 2 heterocycles. The molecule has 0 amide bonds. The minimum absolute atomic E-state index is 0.110. The minimum atomic E-state index is -0.110. The van der Waals surface area contributed by atoms with E-state index in [1.54, 1.807) is 12.4 Å². The molecule has 0 bridgehead atoms. The molecule has 6 heteroatoms. The van der Waals surface area contributed by atoms with Crippen molar-refractivity contribution in [1.29, 1.82) is 0 Å². The molecule has 1 aromatic carbocycles. The van der Waals surface area contributed by atoms with E-state index in [1.807, 2.05) is 42.2 Å². The molecule has 3 rings (SSSR count). The minimum Gasteiger partial charge on any atom is -0.273 e. The standard InChI is InChI=1S/C14H16N6/c1-2-20-9-11(8-18-20)14(19-15)10-3-4-12-13(7-10)17-6-5-16-12/h3-9,14,19H,2,15H2,1H3. The Hall–Kier alpha value is -2.31. The van der Waals surface area contributed by atoms with Crippen molar-refractivity contribution in [1.82, 2.24) is 25.2 Å². The van der Waals surface area contributed by atoms with Crippen LogP contribution in [0.5, 0.6) is 0 Å². The number of nitrogens with one attached hydrogen (secondary N) is 1. The summed E-state index contributed by atoms with van der Waals surface area (Å²) < 4.78 is 1.88. The first-order valence-electron chi connectivity index (χ1n) is 6.51. The summed E-state index contributed by atoms with van der Waals surface area (Å²) in [4.78, 5) is 8.59. The Labute approximate surface area is 116 Å². The fourth-order valence-corrected chi connectivity index (χ4v) is 2.25. The highest BCUT2D eigenvalue weighted by Gasteiger charge is 2.15. The first-order chi connectivity index (χ1) is 9.81. The van der Waals surface area contributed by atoms with E-state index in [9.17, 15) is 0 Å². The molecular weight excluding hydrogens is 252 g/mol. The van der Waals surface area contributed by atoms with Crippen LogP contribution in [0, 0.1) is 0 Å². The van der Waals surface area contributed by atoms with Crippen LogP contribution in [0.15, 0.2) is 43.0 Å². The highest BCUT2D eigenvalue weighted by Crippen LogP contribution is 2.23. The lowest BCUT2D eigenvalue weighted by Crippen LogP contribution is -2.28. The molecule has 102 valence electrons. The third kappa shape index (κ3) is 2.26. The van der Waals surface area contributed by atoms with E-state index in [0.29, 0.717) is 0 Å². The first kappa shape index (κ1) is 12.7. The summed E-state index contributed by atoms with van der Waals surface area (Å²) in [6, 6.07) is 5.84. The summed E-state index contributed by atoms with van der Waals surface area (Å²) >= 11 is 0. The second kappa shape index (κ2) is 5.36. The maximum absolute atomic E-state index is 5.71. The zero-order valence-electron chi connectivity index (χ0n) is 11.2. The lowest BCUT2D eigenvalue weighted by Gasteiger charge is -2.14. The second-order valence-electron chi connectivity index (χ2n) is 4.53. The third-order valence-corrected chi connectivity index (χ3v) is 3.30. The molecule has 3 N–H and O–H groups in total. The molecule has 3 aromatic rings. The van der Waals surface area contributed by atoms with Crippen LogP contribution in [0.4, 0.5) is 0 Å². The Morgan fingerprint density at radius 1 is 1.20 bits per heavy atom. The van der Waals surface area contributed by atoms with E-state index in [-0.39, 0.29) is 6.04 Å². The fourth-order valence-electron chi connectivity index (χ4n) is 2.25. The number of hydrogen-bond acceptors (Lipinski definition) is 5. The van der Waals surface area contributed by atoms with Gasteiger partial charge in [-0.3, -0.25) is 20.5 Å². The number of hydrazine groups is 1. The Morgan fingerprint density at radius 2 is 2.00 bits per heavy atom. The summed E-state index contributed by atoms with van der Waals surface area (Å²) in [5, 5.41) is 4.28. The second-order valence-corrected chi connectivity index (χ2v) is 4.53. The Balaban J connectivity index is 2.02. The van der Waals surface area contributed by atoms with Crippen molar-refractivity contribution < 1.29 is 0 Å². The van der Waals surface area contributed by atoms with Gasteiger partial charge in [-0.2, -0.15) is 5.10 Å². The van der Waals surface area contributed by atoms with Gasteiger partial charge in [0.15, 0.2) is 0 Å². The van der Waals surface area contributed by atoms with Crippen molar-refractivity contribution in [2.24, 2.45) is 5.84 Å². The fraction of sp³-hybridized carbons (Fsp3) is 0.214. The molecular formula is C14H16N6. The molecule has 20 heavy (non-hydrogen) atoms. The number of aryl methyl sites for hydroxylation is 1. The zero-order valence-corrected chi connectivity index (χ0v) is 11.2. The predicted molar refractivity (Wildman–Crippen MR) is 76.6 cm³/mol. The summed E-state index contributed by atoms with van der Waals surface area (Å²) in [6.07, 6.45) is 7.19. The quantitative estimate of drug-likeness (QED) is 0.552. The van der Waals surface area contributed by atoms with Gasteiger partial charge in [-0.1, -0.05) is 6.07 Å². The molecule has 6 nitrogen and oxygen atoms in total. The monoisotopic (exact) mass is 268 g/mol. The van der Waals surface area contributed by atoms with Gasteiger partial charge in [-0.25, -0.2) is 5.43 Å². The Bertz CT molecular complexity index is 720. The van der Waals surface area contributed by atoms with E-state index < -0.39 is 0 Å². The largest absolute Gasteiger partial charge is 0.273 e. The lowest BCUT2D eigenvalue weighted by atomic mass is 10.0. The van der Waals surface area contributed by atoms with Gasteiger partial charge < -0.3 is 0 Å². The molecule has 1 unspecified atom stereocenters. The maximum atomic E-state index is 5.71. The van der Waals surface area contributed by atoms with Crippen LogP contribution in [-0.2, 0) is 6.54 Å². The van der Waals surface area contributed by atoms with Gasteiger partial charge in [0.25, 0.3) is 0 Å². The van der Waals surface area contributed by atoms with Gasteiger partial charge in [-0.15, -0.1) is 0 Å². The molecule has 0 saturated heterocycles. The van der Waals surface area contributed by atoms with Crippen LogP contribution in [0.25, 0.3) is 11.0 Å². The van der Waals surface area contributed by atoms with Crippen LogP contribution in [0.1, 0.15) is 24.1 Å². The molecule has 0 aliphatic heterocycles. The van der Waals surface area contributed by atoms with E-state index in [2.05, 4.69) is 20.5 Å². The first-order valence-corrected chi connectivity index (χ1v) is 6.51. The number of nitrogens with two attached hydrogens (primary N) is 1. The van der Waals surface area contributed by atoms with Crippen molar-refractivity contribution >= 4 is 11.0 Å². The van der Waals surface area contributed by atoms with Gasteiger partial charge in [0.05, 0.1) is 23.3 Å². The van der Waals surface area contributed by atoms with Gasteiger partial charge in [0, 0.05) is 30.7 Å². The number of hydrogen-bond donors (Lipinski definition) is 2. The topological polar surface area (TPSA) is 81.7 Å². The molecule has 0 saturated carbocycles. The van der Waals surface area contributed by atoms with Gasteiger partial charge >= 0.3 is 0 Å². The number of fused-ring (bicyclic) bond motifs is 1. The van der Waals surface area contributed by atoms with Crippen molar-refractivity contribution in [3.63, 3.8) is 0 Å². The van der Waals surface area contributed by atoms with E-state index in [1.165, 1.54) is 0 Å². The van der Waals surface area contributed by atoms with Crippen LogP contribution in [0.2, 0.25) is 0 Å². The molecule has 0 aliphatic carbocycles. The lowest BCUT2D eigenvalue weighted by molar-refractivity contribution is 0.630. The normalized spacial score (nSPS) is 12.7. The van der Waals surface area contributed by atoms with Gasteiger partial charge in [-0.05, 0) is 24.6 Å². The number of nitrogens with zero attached hydrogens (tertiary/aromatic N) is 4. The molecule has 0 aliphatic rings. The highest BCUT2D eigenvalue weighted by atomic mass is 15.3. The van der Waals surface area contributed by atoms with Crippen LogP contribution < -0.4 is 11.3 Å². The molecule has 0 radical (unpaired) electrons. The van der Waals surface area contributed by atoms with Gasteiger partial charge in [0.2, 0.25) is 0 Å². The van der Waals surface area contributed by atoms with Crippen molar-refractivity contribution in [2.45, 2.75) is 19.5 Å². The SMILES string of the molecule is CCn1cc(C(NN)c2ccc3nccnc3c2)cn1. The number of aromatic nitrogens is 4. The predicted octanol–water partition coefficient (Wildman–Crippen LogP) is 1.40. The molecule has 2 aromatic heterocycles. The Morgan fingerprint density at radius 3 is 2.70 bits per heavy atom. The van der Waals surface area contributed by atoms with Crippen molar-refractivity contribution in [3.05, 3.63) is 54.1 Å². The summed E-state index contributed by atoms with van der Waals surface area (Å²) in [5.41, 5.74) is 6.63. The highest BCUT2D eigenvalue weighted by molar-refractivity contribution is 5.74. The summed E-state index contributed by atoms with van der Waals surface area (Å²) in [7, 11) is 0. The molecule has 1 atom stereocenters. The van der Waals surface area contributed by atoms with Crippen LogP contribution in [-0.4, -0.2) is 19.7 Å². The summed E-state index contributed by atoms with van der Waals surface area (Å²) in [5.74, 6) is 5.71. The molecule has 0 fully saturated rings. The van der Waals surface area contributed by atoms with Crippen LogP contribution >= 0.6 is 0 Å². The van der Waals surface area contributed by atoms with Crippen molar-refractivity contribution in [3.8, 4) is 0 Å². The zero-order chi connectivity index (χ0) is 13.9. The smallest absolute Gasteiger partial charge is 0.0890 e. The van der Waals surface area contributed by atoms with E-state index in [4.69, 9.17) is 5.84 Å². The van der Waals surface area contributed by atoms with E-state index >= 15 is 0 Å². The van der Waals surface area contributed by atoms with E-state index in [0.717, 1.165) is 28.7 Å². The summed E-state index contributed by atoms with van der Waals surface area (Å²) in [6.45, 7) is 2.88. The Kier molecular flexibility index (Phi) is 3.41. The van der Waals surface area contributed by atoms with Crippen LogP contribution in [0.3, 0.4) is 0 Å². The van der Waals surface area contributed by atoms with Crippen molar-refractivity contribution in [2.75, 3.05) is 0 Å². The third-order valence-electron chi connectivity index (χ3n) is 3.30. The number of benzene rings is 1. The number of rotatable bonds is 4. The van der Waals surface area contributed by atoms with Gasteiger partial charge in [0.1, 0.15) is 0 Å². The molecule has 0 spiro atoms. The maximum Gasteiger partial charge on any atom is 0.0890 e. The average molecular weight is 268 g/mol. The average Bonchev–Trinajstić information content (AvgIpc) is 2.97.